The number of unbranched alkanes of at least 4 members (excludes halogenated alkanes) is 1. The van der Waals surface area contributed by atoms with Crippen molar-refractivity contribution in [1.82, 2.24) is 30.6 Å². The Balaban J connectivity index is 1.85. The summed E-state index contributed by atoms with van der Waals surface area (Å²) in [7, 11) is -7.35. The summed E-state index contributed by atoms with van der Waals surface area (Å²) in [4.78, 5) is 52.7. The van der Waals surface area contributed by atoms with Gasteiger partial charge in [-0.25, -0.2) is 46.4 Å². The molecular weight excluding hydrogens is 628 g/mol. The molecule has 1 aromatic carbocycles. The van der Waals surface area contributed by atoms with E-state index in [0.29, 0.717) is 24.0 Å². The number of hydrogen-bond donors (Lipinski definition) is 3. The molecule has 3 aromatic rings. The van der Waals surface area contributed by atoms with E-state index in [9.17, 15) is 36.3 Å². The van der Waals surface area contributed by atoms with E-state index in [4.69, 9.17) is 4.74 Å². The summed E-state index contributed by atoms with van der Waals surface area (Å²) in [5, 5.41) is 14.1. The van der Waals surface area contributed by atoms with Crippen molar-refractivity contribution < 1.29 is 41.1 Å². The van der Waals surface area contributed by atoms with Gasteiger partial charge in [0.25, 0.3) is 5.91 Å². The Morgan fingerprint density at radius 1 is 0.844 bits per heavy atom. The van der Waals surface area contributed by atoms with Crippen molar-refractivity contribution in [1.29, 1.82) is 0 Å². The number of sulfone groups is 2. The van der Waals surface area contributed by atoms with Crippen LogP contribution >= 0.6 is 0 Å². The quantitative estimate of drug-likeness (QED) is 0.187. The molecular formula is C28H34N6O9S2. The third-order valence-electron chi connectivity index (χ3n) is 6.02. The number of carbonyl (C=O) groups is 3. The molecule has 15 nitrogen and oxygen atoms in total. The standard InChI is InChI=1S/C28H34N6O9S2/c1-28(2,3)43-27(38)29-11-7-6-8-22(24(36)37)34-23(35)20-10-9-17(18-13-30-25(31-14-18)44(4,39)40)12-21(20)19-15-32-26(33-16-19)45(5,41)42/h9-10,12-16,22H,6-8,11H2,1-5H3,(H,29,38)(H,34,35)(H,36,37)/t22-/m0/s1. The summed E-state index contributed by atoms with van der Waals surface area (Å²) < 4.78 is 52.4. The maximum atomic E-state index is 13.4. The van der Waals surface area contributed by atoms with Gasteiger partial charge in [0.05, 0.1) is 0 Å². The lowest BCUT2D eigenvalue weighted by Crippen LogP contribution is -2.41. The van der Waals surface area contributed by atoms with Crippen LogP contribution in [0.5, 0.6) is 0 Å². The highest BCUT2D eigenvalue weighted by atomic mass is 32.2. The summed E-state index contributed by atoms with van der Waals surface area (Å²) in [6.45, 7) is 5.45. The van der Waals surface area contributed by atoms with Crippen molar-refractivity contribution in [2.75, 3.05) is 19.1 Å². The van der Waals surface area contributed by atoms with Gasteiger partial charge in [-0.05, 0) is 63.3 Å². The molecule has 2 aromatic heterocycles. The molecule has 1 atom stereocenters. The minimum absolute atomic E-state index is 0.0426. The zero-order valence-corrected chi connectivity index (χ0v) is 26.9. The average molecular weight is 663 g/mol. The lowest BCUT2D eigenvalue weighted by molar-refractivity contribution is -0.139. The minimum atomic E-state index is -3.71. The second kappa shape index (κ2) is 14.1. The number of benzene rings is 1. The second-order valence-corrected chi connectivity index (χ2v) is 14.9. The molecule has 0 bridgehead atoms. The zero-order chi connectivity index (χ0) is 33.6. The Hall–Kier alpha value is -4.51. The zero-order valence-electron chi connectivity index (χ0n) is 25.3. The molecule has 0 unspecified atom stereocenters. The fraction of sp³-hybridized carbons (Fsp3) is 0.393. The number of nitrogens with zero attached hydrogens (tertiary/aromatic N) is 4. The van der Waals surface area contributed by atoms with Gasteiger partial charge in [-0.15, -0.1) is 0 Å². The van der Waals surface area contributed by atoms with Crippen LogP contribution in [0.4, 0.5) is 4.79 Å². The highest BCUT2D eigenvalue weighted by molar-refractivity contribution is 7.90. The minimum Gasteiger partial charge on any atom is -0.480 e. The predicted molar refractivity (Wildman–Crippen MR) is 162 cm³/mol. The number of carbonyl (C=O) groups excluding carboxylic acids is 2. The normalized spacial score (nSPS) is 12.6. The monoisotopic (exact) mass is 662 g/mol. The Kier molecular flexibility index (Phi) is 10.9. The third kappa shape index (κ3) is 10.3. The van der Waals surface area contributed by atoms with Crippen molar-refractivity contribution in [3.05, 3.63) is 48.5 Å². The van der Waals surface area contributed by atoms with E-state index in [0.717, 1.165) is 12.5 Å². The Labute approximate surface area is 260 Å². The molecule has 0 radical (unpaired) electrons. The van der Waals surface area contributed by atoms with Crippen LogP contribution in [0.1, 0.15) is 50.4 Å². The summed E-state index contributed by atoms with van der Waals surface area (Å²) in [6.07, 6.45) is 7.22. The van der Waals surface area contributed by atoms with E-state index in [1.54, 1.807) is 32.9 Å². The lowest BCUT2D eigenvalue weighted by Gasteiger charge is -2.20. The molecule has 0 spiro atoms. The first kappa shape index (κ1) is 35.0. The van der Waals surface area contributed by atoms with E-state index in [1.165, 1.54) is 30.9 Å². The molecule has 242 valence electrons. The van der Waals surface area contributed by atoms with E-state index in [1.807, 2.05) is 0 Å². The van der Waals surface area contributed by atoms with Crippen LogP contribution < -0.4 is 10.6 Å². The molecule has 2 amide bonds. The molecule has 0 aliphatic carbocycles. The van der Waals surface area contributed by atoms with Crippen LogP contribution in [-0.2, 0) is 29.2 Å². The maximum absolute atomic E-state index is 13.4. The molecule has 17 heteroatoms. The maximum Gasteiger partial charge on any atom is 0.407 e. The first-order chi connectivity index (χ1) is 20.8. The summed E-state index contributed by atoms with van der Waals surface area (Å²) in [5.41, 5.74) is 0.763. The SMILES string of the molecule is CC(C)(C)OC(=O)NCCCC[C@H](NC(=O)c1ccc(-c2cnc(S(C)(=O)=O)nc2)cc1-c1cnc(S(C)(=O)=O)nc1)C(=O)O. The number of alkyl carbamates (subject to hydrolysis) is 1. The molecule has 0 saturated carbocycles. The third-order valence-corrected chi connectivity index (χ3v) is 7.77. The van der Waals surface area contributed by atoms with Crippen molar-refractivity contribution in [3.8, 4) is 22.3 Å². The molecule has 0 aliphatic heterocycles. The Morgan fingerprint density at radius 3 is 1.87 bits per heavy atom. The van der Waals surface area contributed by atoms with Gasteiger partial charge in [-0.2, -0.15) is 0 Å². The molecule has 45 heavy (non-hydrogen) atoms. The molecule has 0 fully saturated rings. The van der Waals surface area contributed by atoms with Crippen LogP contribution in [0.3, 0.4) is 0 Å². The highest BCUT2D eigenvalue weighted by Gasteiger charge is 2.24. The summed E-state index contributed by atoms with van der Waals surface area (Å²) in [5.74, 6) is -1.99. The molecule has 3 N–H and O–H groups in total. The van der Waals surface area contributed by atoms with Crippen molar-refractivity contribution in [3.63, 3.8) is 0 Å². The van der Waals surface area contributed by atoms with Gasteiger partial charge in [0.1, 0.15) is 11.6 Å². The van der Waals surface area contributed by atoms with Gasteiger partial charge in [0.2, 0.25) is 30.0 Å². The van der Waals surface area contributed by atoms with Gasteiger partial charge < -0.3 is 20.5 Å². The van der Waals surface area contributed by atoms with Crippen LogP contribution in [0.25, 0.3) is 22.3 Å². The van der Waals surface area contributed by atoms with Crippen molar-refractivity contribution in [2.24, 2.45) is 0 Å². The number of aromatic nitrogens is 4. The fourth-order valence-electron chi connectivity index (χ4n) is 3.94. The Morgan fingerprint density at radius 2 is 1.38 bits per heavy atom. The van der Waals surface area contributed by atoms with Gasteiger partial charge in [0.15, 0.2) is 0 Å². The lowest BCUT2D eigenvalue weighted by atomic mass is 9.96. The molecule has 3 rings (SSSR count). The first-order valence-electron chi connectivity index (χ1n) is 13.5. The predicted octanol–water partition coefficient (Wildman–Crippen LogP) is 2.29. The molecule has 0 aliphatic rings. The number of aliphatic carboxylic acids is 1. The highest BCUT2D eigenvalue weighted by Crippen LogP contribution is 2.29. The summed E-state index contributed by atoms with van der Waals surface area (Å²) >= 11 is 0. The number of amides is 2. The van der Waals surface area contributed by atoms with E-state index in [2.05, 4.69) is 30.6 Å². The molecule has 0 saturated heterocycles. The average Bonchev–Trinajstić information content (AvgIpc) is 2.94. The number of hydrogen-bond acceptors (Lipinski definition) is 12. The number of carboxylic acids is 1. The van der Waals surface area contributed by atoms with E-state index < -0.39 is 54.4 Å². The van der Waals surface area contributed by atoms with Crippen LogP contribution in [0, 0.1) is 0 Å². The van der Waals surface area contributed by atoms with Gasteiger partial charge >= 0.3 is 12.1 Å². The summed E-state index contributed by atoms with van der Waals surface area (Å²) in [6, 6.07) is 3.26. The van der Waals surface area contributed by atoms with E-state index in [-0.39, 0.29) is 34.8 Å². The number of ether oxygens (including phenoxy) is 1. The van der Waals surface area contributed by atoms with Crippen LogP contribution in [0.15, 0.2) is 53.3 Å². The smallest absolute Gasteiger partial charge is 0.407 e. The number of nitrogens with one attached hydrogen (secondary N) is 2. The number of rotatable bonds is 12. The van der Waals surface area contributed by atoms with E-state index >= 15 is 0 Å². The fourth-order valence-corrected chi connectivity index (χ4v) is 4.91. The second-order valence-electron chi connectivity index (χ2n) is 11.1. The molecule has 2 heterocycles. The first-order valence-corrected chi connectivity index (χ1v) is 17.3. The van der Waals surface area contributed by atoms with Crippen LogP contribution in [0.2, 0.25) is 0 Å². The van der Waals surface area contributed by atoms with Gasteiger partial charge in [0, 0.05) is 60.5 Å². The van der Waals surface area contributed by atoms with Gasteiger partial charge in [-0.3, -0.25) is 4.79 Å². The van der Waals surface area contributed by atoms with Crippen molar-refractivity contribution >= 4 is 37.6 Å². The van der Waals surface area contributed by atoms with Crippen LogP contribution in [-0.4, -0.2) is 90.5 Å². The van der Waals surface area contributed by atoms with Crippen molar-refractivity contribution in [2.45, 2.75) is 62.0 Å². The Bertz CT molecular complexity index is 1770. The largest absolute Gasteiger partial charge is 0.480 e. The topological polar surface area (TPSA) is 225 Å². The number of carboxylic acid groups (broad SMARTS) is 1. The van der Waals surface area contributed by atoms with Gasteiger partial charge in [-0.1, -0.05) is 6.07 Å².